The smallest absolute Gasteiger partial charge is 0.276 e. The normalized spacial score (nSPS) is 25.0. The van der Waals surface area contributed by atoms with E-state index in [1.165, 1.54) is 6.39 Å². The van der Waals surface area contributed by atoms with Crippen molar-refractivity contribution in [3.63, 3.8) is 0 Å². The Kier molecular flexibility index (Phi) is 4.64. The summed E-state index contributed by atoms with van der Waals surface area (Å²) in [5.41, 5.74) is 1.52. The zero-order valence-electron chi connectivity index (χ0n) is 16.6. The van der Waals surface area contributed by atoms with Crippen LogP contribution in [0.1, 0.15) is 66.4 Å². The second kappa shape index (κ2) is 7.31. The van der Waals surface area contributed by atoms with E-state index in [4.69, 9.17) is 4.42 Å². The molecule has 0 aromatic carbocycles. The topological polar surface area (TPSA) is 95.3 Å². The number of imidazole rings is 1. The zero-order chi connectivity index (χ0) is 19.8. The quantitative estimate of drug-likeness (QED) is 0.836. The number of hydrogen-bond acceptors (Lipinski definition) is 5. The third-order valence-electron chi connectivity index (χ3n) is 6.65. The van der Waals surface area contributed by atoms with Gasteiger partial charge in [0.05, 0.1) is 6.33 Å². The lowest BCUT2D eigenvalue weighted by Gasteiger charge is -2.48. The van der Waals surface area contributed by atoms with Gasteiger partial charge in [-0.2, -0.15) is 0 Å². The van der Waals surface area contributed by atoms with E-state index in [-0.39, 0.29) is 17.2 Å². The lowest BCUT2D eigenvalue weighted by Crippen LogP contribution is -2.55. The number of aromatic nitrogens is 3. The van der Waals surface area contributed by atoms with Gasteiger partial charge in [0.1, 0.15) is 5.76 Å². The van der Waals surface area contributed by atoms with Gasteiger partial charge < -0.3 is 19.2 Å². The molecule has 1 N–H and O–H groups in total. The number of hydrogen-bond donors (Lipinski definition) is 1. The van der Waals surface area contributed by atoms with Gasteiger partial charge in [0.15, 0.2) is 12.1 Å². The van der Waals surface area contributed by atoms with Crippen LogP contribution in [0.15, 0.2) is 23.3 Å². The molecule has 1 spiro atoms. The summed E-state index contributed by atoms with van der Waals surface area (Å²) in [6.45, 7) is 2.85. The minimum absolute atomic E-state index is 0.0133. The maximum atomic E-state index is 13.2. The molecule has 1 atom stereocenters. The molecule has 0 unspecified atom stereocenters. The van der Waals surface area contributed by atoms with Gasteiger partial charge in [-0.3, -0.25) is 9.59 Å². The van der Waals surface area contributed by atoms with Crippen molar-refractivity contribution >= 4 is 11.8 Å². The van der Waals surface area contributed by atoms with Crippen LogP contribution >= 0.6 is 0 Å². The summed E-state index contributed by atoms with van der Waals surface area (Å²) in [4.78, 5) is 41.0. The van der Waals surface area contributed by atoms with Gasteiger partial charge in [-0.15, -0.1) is 0 Å². The second-order valence-electron chi connectivity index (χ2n) is 8.81. The largest absolute Gasteiger partial charge is 0.447 e. The van der Waals surface area contributed by atoms with Crippen LogP contribution in [0.5, 0.6) is 0 Å². The van der Waals surface area contributed by atoms with E-state index in [9.17, 15) is 9.59 Å². The monoisotopic (exact) mass is 397 g/mol. The molecule has 8 nitrogen and oxygen atoms in total. The number of carbonyl (C=O) groups excluding carboxylic acids is 2. The van der Waals surface area contributed by atoms with Crippen LogP contribution in [0.2, 0.25) is 0 Å². The fourth-order valence-corrected chi connectivity index (χ4v) is 4.90. The lowest BCUT2D eigenvalue weighted by atomic mass is 9.73. The molecule has 2 amide bonds. The molecule has 0 radical (unpaired) electrons. The van der Waals surface area contributed by atoms with E-state index in [1.54, 1.807) is 12.5 Å². The van der Waals surface area contributed by atoms with Crippen LogP contribution < -0.4 is 0 Å². The highest BCUT2D eigenvalue weighted by Gasteiger charge is 2.44. The molecule has 8 heteroatoms. The number of piperidine rings is 2. The predicted molar refractivity (Wildman–Crippen MR) is 104 cm³/mol. The minimum atomic E-state index is -0.0146. The third kappa shape index (κ3) is 3.68. The Hall–Kier alpha value is -2.64. The van der Waals surface area contributed by atoms with Crippen LogP contribution in [0.3, 0.4) is 0 Å². The Morgan fingerprint density at radius 3 is 3.00 bits per heavy atom. The van der Waals surface area contributed by atoms with Crippen molar-refractivity contribution in [1.29, 1.82) is 0 Å². The van der Waals surface area contributed by atoms with Gasteiger partial charge >= 0.3 is 0 Å². The van der Waals surface area contributed by atoms with Crippen molar-refractivity contribution in [2.75, 3.05) is 26.2 Å². The summed E-state index contributed by atoms with van der Waals surface area (Å²) in [7, 11) is 0. The predicted octanol–water partition coefficient (Wildman–Crippen LogP) is 2.36. The average Bonchev–Trinajstić information content (AvgIpc) is 3.23. The molecule has 1 aliphatic carbocycles. The van der Waals surface area contributed by atoms with Gasteiger partial charge in [-0.05, 0) is 32.1 Å². The first-order valence-electron chi connectivity index (χ1n) is 10.6. The molecular weight excluding hydrogens is 370 g/mol. The van der Waals surface area contributed by atoms with E-state index in [0.717, 1.165) is 63.1 Å². The van der Waals surface area contributed by atoms with Gasteiger partial charge in [-0.25, -0.2) is 9.97 Å². The summed E-state index contributed by atoms with van der Waals surface area (Å²) in [6.07, 6.45) is 11.2. The SMILES string of the molecule is O=C1CC[C@]2(CCCN(C(=O)c3ncoc3C3CC3)C2)CN1CCc1cnc[nH]1. The van der Waals surface area contributed by atoms with Crippen molar-refractivity contribution < 1.29 is 14.0 Å². The minimum Gasteiger partial charge on any atom is -0.447 e. The Morgan fingerprint density at radius 1 is 1.31 bits per heavy atom. The average molecular weight is 397 g/mol. The number of carbonyl (C=O) groups is 2. The lowest BCUT2D eigenvalue weighted by molar-refractivity contribution is -0.138. The van der Waals surface area contributed by atoms with Crippen molar-refractivity contribution in [1.82, 2.24) is 24.8 Å². The first-order valence-corrected chi connectivity index (χ1v) is 10.6. The van der Waals surface area contributed by atoms with Gasteiger partial charge in [-0.1, -0.05) is 0 Å². The molecule has 1 saturated carbocycles. The Balaban J connectivity index is 1.27. The molecule has 2 aromatic rings. The molecule has 3 aliphatic rings. The van der Waals surface area contributed by atoms with Crippen molar-refractivity contribution in [2.45, 2.75) is 50.9 Å². The van der Waals surface area contributed by atoms with Crippen LogP contribution in [0, 0.1) is 5.41 Å². The maximum Gasteiger partial charge on any atom is 0.276 e. The highest BCUT2D eigenvalue weighted by atomic mass is 16.3. The molecule has 4 heterocycles. The van der Waals surface area contributed by atoms with E-state index >= 15 is 0 Å². The highest BCUT2D eigenvalue weighted by molar-refractivity contribution is 5.93. The molecule has 3 fully saturated rings. The Morgan fingerprint density at radius 2 is 2.21 bits per heavy atom. The highest BCUT2D eigenvalue weighted by Crippen LogP contribution is 2.43. The number of oxazole rings is 1. The van der Waals surface area contributed by atoms with Gasteiger partial charge in [0, 0.05) is 62.2 Å². The Labute approximate surface area is 169 Å². The van der Waals surface area contributed by atoms with E-state index in [0.29, 0.717) is 31.1 Å². The molecule has 154 valence electrons. The zero-order valence-corrected chi connectivity index (χ0v) is 16.6. The van der Waals surface area contributed by atoms with E-state index < -0.39 is 0 Å². The first kappa shape index (κ1) is 18.4. The standard InChI is InChI=1S/C21H27N5O3/c27-17-4-7-21(11-25(17)9-5-16-10-22-13-23-16)6-1-8-26(12-21)20(28)18-19(15-2-3-15)29-14-24-18/h10,13-15H,1-9,11-12H2,(H,22,23)/t21-/m1/s1. The summed E-state index contributed by atoms with van der Waals surface area (Å²) in [5.74, 6) is 1.32. The molecule has 5 rings (SSSR count). The number of rotatable bonds is 5. The number of nitrogens with one attached hydrogen (secondary N) is 1. The first-order chi connectivity index (χ1) is 14.1. The third-order valence-corrected chi connectivity index (χ3v) is 6.65. The number of H-pyrrole nitrogens is 1. The molecule has 0 bridgehead atoms. The maximum absolute atomic E-state index is 13.2. The summed E-state index contributed by atoms with van der Waals surface area (Å²) < 4.78 is 5.52. The van der Waals surface area contributed by atoms with Crippen molar-refractivity contribution in [2.24, 2.45) is 5.41 Å². The summed E-state index contributed by atoms with van der Waals surface area (Å²) in [6, 6.07) is 0. The molecule has 2 aliphatic heterocycles. The molecule has 2 aromatic heterocycles. The summed E-state index contributed by atoms with van der Waals surface area (Å²) in [5, 5.41) is 0. The van der Waals surface area contributed by atoms with Crippen LogP contribution in [-0.2, 0) is 11.2 Å². The van der Waals surface area contributed by atoms with Crippen molar-refractivity contribution in [3.05, 3.63) is 36.1 Å². The van der Waals surface area contributed by atoms with Crippen LogP contribution in [-0.4, -0.2) is 62.7 Å². The molecular formula is C21H27N5O3. The number of nitrogens with zero attached hydrogens (tertiary/aromatic N) is 4. The number of likely N-dealkylation sites (tertiary alicyclic amines) is 2. The van der Waals surface area contributed by atoms with Gasteiger partial charge in [0.25, 0.3) is 5.91 Å². The van der Waals surface area contributed by atoms with Crippen LogP contribution in [0.25, 0.3) is 0 Å². The van der Waals surface area contributed by atoms with Gasteiger partial charge in [0.2, 0.25) is 5.91 Å². The second-order valence-corrected chi connectivity index (χ2v) is 8.81. The fraction of sp³-hybridized carbons (Fsp3) is 0.619. The van der Waals surface area contributed by atoms with Crippen molar-refractivity contribution in [3.8, 4) is 0 Å². The Bertz CT molecular complexity index is 888. The molecule has 29 heavy (non-hydrogen) atoms. The van der Waals surface area contributed by atoms with Crippen LogP contribution in [0.4, 0.5) is 0 Å². The molecule has 2 saturated heterocycles. The van der Waals surface area contributed by atoms with E-state index in [1.807, 2.05) is 9.80 Å². The number of aromatic amines is 1. The summed E-state index contributed by atoms with van der Waals surface area (Å²) >= 11 is 0. The van der Waals surface area contributed by atoms with E-state index in [2.05, 4.69) is 15.0 Å². The fourth-order valence-electron chi connectivity index (χ4n) is 4.90. The number of amides is 2.